The number of hydrogen-bond donors (Lipinski definition) is 2. The van der Waals surface area contributed by atoms with Gasteiger partial charge in [-0.25, -0.2) is 0 Å². The Kier molecular flexibility index (Phi) is 4.56. The fourth-order valence-electron chi connectivity index (χ4n) is 2.04. The van der Waals surface area contributed by atoms with Crippen LogP contribution >= 0.6 is 0 Å². The summed E-state index contributed by atoms with van der Waals surface area (Å²) in [5.74, 6) is -1.38. The van der Waals surface area contributed by atoms with Gasteiger partial charge < -0.3 is 15.7 Å². The van der Waals surface area contributed by atoms with E-state index in [0.717, 1.165) is 11.3 Å². The Balaban J connectivity index is 2.18. The highest BCUT2D eigenvalue weighted by molar-refractivity contribution is 5.92. The third-order valence-corrected chi connectivity index (χ3v) is 3.06. The molecular formula is C16H16N2O3. The van der Waals surface area contributed by atoms with Crippen molar-refractivity contribution < 1.29 is 14.7 Å². The Bertz CT molecular complexity index is 624. The summed E-state index contributed by atoms with van der Waals surface area (Å²) < 4.78 is 0. The summed E-state index contributed by atoms with van der Waals surface area (Å²) in [4.78, 5) is 23.8. The number of para-hydroxylation sites is 1. The number of carboxylic acid groups (broad SMARTS) is 1. The summed E-state index contributed by atoms with van der Waals surface area (Å²) in [5.41, 5.74) is 7.37. The van der Waals surface area contributed by atoms with E-state index < -0.39 is 11.9 Å². The number of nitrogens with two attached hydrogens (primary N) is 1. The van der Waals surface area contributed by atoms with E-state index in [1.807, 2.05) is 30.3 Å². The highest BCUT2D eigenvalue weighted by Gasteiger charge is 2.11. The molecule has 0 radical (unpaired) electrons. The van der Waals surface area contributed by atoms with Crippen molar-refractivity contribution >= 4 is 17.6 Å². The molecule has 0 aliphatic heterocycles. The minimum Gasteiger partial charge on any atom is -0.480 e. The van der Waals surface area contributed by atoms with Crippen LogP contribution in [0.4, 0.5) is 5.69 Å². The number of carbonyl (C=O) groups excluding carboxylic acids is 1. The molecule has 0 aliphatic rings. The number of carboxylic acids is 1. The van der Waals surface area contributed by atoms with Gasteiger partial charge in [0.15, 0.2) is 0 Å². The fraction of sp³-hybridized carbons (Fsp3) is 0.125. The first-order valence-corrected chi connectivity index (χ1v) is 6.47. The normalized spacial score (nSPS) is 10.1. The maximum Gasteiger partial charge on any atom is 0.323 e. The van der Waals surface area contributed by atoms with Gasteiger partial charge in [0.2, 0.25) is 5.91 Å². The number of amides is 1. The van der Waals surface area contributed by atoms with E-state index in [-0.39, 0.29) is 6.54 Å². The van der Waals surface area contributed by atoms with E-state index in [1.54, 1.807) is 29.2 Å². The Morgan fingerprint density at radius 1 is 1.00 bits per heavy atom. The molecule has 1 amide bonds. The zero-order chi connectivity index (χ0) is 15.2. The highest BCUT2D eigenvalue weighted by atomic mass is 16.4. The summed E-state index contributed by atoms with van der Waals surface area (Å²) in [6.07, 6.45) is 0. The van der Waals surface area contributed by atoms with Crippen LogP contribution in [0.15, 0.2) is 54.6 Å². The van der Waals surface area contributed by atoms with Crippen LogP contribution in [-0.2, 0) is 11.3 Å². The van der Waals surface area contributed by atoms with Crippen molar-refractivity contribution in [2.75, 3.05) is 11.4 Å². The van der Waals surface area contributed by atoms with E-state index in [0.29, 0.717) is 12.1 Å². The lowest BCUT2D eigenvalue weighted by molar-refractivity contribution is -0.135. The monoisotopic (exact) mass is 284 g/mol. The number of benzene rings is 2. The Hall–Kier alpha value is -2.82. The predicted molar refractivity (Wildman–Crippen MR) is 80.1 cm³/mol. The number of rotatable bonds is 6. The molecule has 0 heterocycles. The maximum atomic E-state index is 11.0. The minimum absolute atomic E-state index is 0.0957. The Morgan fingerprint density at radius 2 is 1.62 bits per heavy atom. The quantitative estimate of drug-likeness (QED) is 0.848. The van der Waals surface area contributed by atoms with Gasteiger partial charge in [-0.2, -0.15) is 0 Å². The third kappa shape index (κ3) is 4.07. The molecular weight excluding hydrogens is 268 g/mol. The second-order valence-electron chi connectivity index (χ2n) is 4.65. The van der Waals surface area contributed by atoms with Crippen LogP contribution in [0.2, 0.25) is 0 Å². The SMILES string of the molecule is NC(=O)c1ccc(CN(CC(=O)O)c2ccccc2)cc1. The van der Waals surface area contributed by atoms with Crippen molar-refractivity contribution in [3.05, 3.63) is 65.7 Å². The molecule has 0 saturated carbocycles. The predicted octanol–water partition coefficient (Wildman–Crippen LogP) is 1.88. The molecule has 5 nitrogen and oxygen atoms in total. The first-order valence-electron chi connectivity index (χ1n) is 6.47. The van der Waals surface area contributed by atoms with Crippen LogP contribution < -0.4 is 10.6 Å². The van der Waals surface area contributed by atoms with Crippen molar-refractivity contribution in [2.24, 2.45) is 5.73 Å². The molecule has 0 aromatic heterocycles. The third-order valence-electron chi connectivity index (χ3n) is 3.06. The topological polar surface area (TPSA) is 83.6 Å². The second-order valence-corrected chi connectivity index (χ2v) is 4.65. The van der Waals surface area contributed by atoms with E-state index in [4.69, 9.17) is 10.8 Å². The van der Waals surface area contributed by atoms with Crippen molar-refractivity contribution in [3.63, 3.8) is 0 Å². The summed E-state index contributed by atoms with van der Waals surface area (Å²) in [5, 5.41) is 9.04. The summed E-state index contributed by atoms with van der Waals surface area (Å²) >= 11 is 0. The lowest BCUT2D eigenvalue weighted by Gasteiger charge is -2.23. The molecule has 0 unspecified atom stereocenters. The van der Waals surface area contributed by atoms with Gasteiger partial charge in [-0.05, 0) is 29.8 Å². The zero-order valence-corrected chi connectivity index (χ0v) is 11.4. The van der Waals surface area contributed by atoms with Crippen molar-refractivity contribution in [2.45, 2.75) is 6.54 Å². The van der Waals surface area contributed by atoms with Gasteiger partial charge in [-0.15, -0.1) is 0 Å². The molecule has 21 heavy (non-hydrogen) atoms. The first kappa shape index (κ1) is 14.6. The van der Waals surface area contributed by atoms with Crippen molar-refractivity contribution in [1.82, 2.24) is 0 Å². The number of primary amides is 1. The molecule has 0 fully saturated rings. The minimum atomic E-state index is -0.896. The van der Waals surface area contributed by atoms with Crippen LogP contribution in [0.1, 0.15) is 15.9 Å². The molecule has 3 N–H and O–H groups in total. The van der Waals surface area contributed by atoms with Crippen molar-refractivity contribution in [3.8, 4) is 0 Å². The van der Waals surface area contributed by atoms with Crippen LogP contribution in [0.3, 0.4) is 0 Å². The molecule has 0 atom stereocenters. The van der Waals surface area contributed by atoms with Gasteiger partial charge in [-0.3, -0.25) is 9.59 Å². The molecule has 5 heteroatoms. The number of aliphatic carboxylic acids is 1. The molecule has 0 aliphatic carbocycles. The fourth-order valence-corrected chi connectivity index (χ4v) is 2.04. The van der Waals surface area contributed by atoms with E-state index in [2.05, 4.69) is 0 Å². The van der Waals surface area contributed by atoms with Gasteiger partial charge in [0, 0.05) is 17.8 Å². The van der Waals surface area contributed by atoms with Crippen LogP contribution in [0.25, 0.3) is 0 Å². The molecule has 0 spiro atoms. The van der Waals surface area contributed by atoms with Gasteiger partial charge in [-0.1, -0.05) is 30.3 Å². The van der Waals surface area contributed by atoms with E-state index in [9.17, 15) is 9.59 Å². The summed E-state index contributed by atoms with van der Waals surface area (Å²) in [6.45, 7) is 0.344. The van der Waals surface area contributed by atoms with Crippen LogP contribution in [0.5, 0.6) is 0 Å². The number of carbonyl (C=O) groups is 2. The summed E-state index contributed by atoms with van der Waals surface area (Å²) in [6, 6.07) is 16.2. The Labute approximate surface area is 122 Å². The first-order chi connectivity index (χ1) is 10.1. The van der Waals surface area contributed by atoms with Gasteiger partial charge in [0.25, 0.3) is 0 Å². The molecule has 2 aromatic carbocycles. The number of hydrogen-bond acceptors (Lipinski definition) is 3. The van der Waals surface area contributed by atoms with Crippen LogP contribution in [0, 0.1) is 0 Å². The maximum absolute atomic E-state index is 11.0. The second kappa shape index (κ2) is 6.56. The average molecular weight is 284 g/mol. The molecule has 0 bridgehead atoms. The smallest absolute Gasteiger partial charge is 0.323 e. The average Bonchev–Trinajstić information content (AvgIpc) is 2.47. The number of anilines is 1. The highest BCUT2D eigenvalue weighted by Crippen LogP contribution is 2.17. The molecule has 2 rings (SSSR count). The van der Waals surface area contributed by atoms with Crippen molar-refractivity contribution in [1.29, 1.82) is 0 Å². The molecule has 0 saturated heterocycles. The summed E-state index contributed by atoms with van der Waals surface area (Å²) in [7, 11) is 0. The lowest BCUT2D eigenvalue weighted by atomic mass is 10.1. The zero-order valence-electron chi connectivity index (χ0n) is 11.4. The van der Waals surface area contributed by atoms with Gasteiger partial charge in [0.1, 0.15) is 6.54 Å². The van der Waals surface area contributed by atoms with E-state index in [1.165, 1.54) is 0 Å². The number of nitrogens with zero attached hydrogens (tertiary/aromatic N) is 1. The standard InChI is InChI=1S/C16H16N2O3/c17-16(21)13-8-6-12(7-9-13)10-18(11-15(19)20)14-4-2-1-3-5-14/h1-9H,10-11H2,(H2,17,21)(H,19,20). The Morgan fingerprint density at radius 3 is 2.14 bits per heavy atom. The molecule has 2 aromatic rings. The van der Waals surface area contributed by atoms with E-state index >= 15 is 0 Å². The van der Waals surface area contributed by atoms with Crippen LogP contribution in [-0.4, -0.2) is 23.5 Å². The lowest BCUT2D eigenvalue weighted by Crippen LogP contribution is -2.29. The van der Waals surface area contributed by atoms with Gasteiger partial charge in [0.05, 0.1) is 0 Å². The van der Waals surface area contributed by atoms with Gasteiger partial charge >= 0.3 is 5.97 Å². The largest absolute Gasteiger partial charge is 0.480 e. The molecule has 108 valence electrons.